The van der Waals surface area contributed by atoms with Gasteiger partial charge in [0, 0.05) is 5.92 Å². The number of esters is 1. The van der Waals surface area contributed by atoms with Crippen molar-refractivity contribution in [2.24, 2.45) is 5.92 Å². The summed E-state index contributed by atoms with van der Waals surface area (Å²) in [5.41, 5.74) is 2.32. The van der Waals surface area contributed by atoms with E-state index < -0.39 is 0 Å². The van der Waals surface area contributed by atoms with Crippen LogP contribution in [0, 0.1) is 12.8 Å². The lowest BCUT2D eigenvalue weighted by atomic mass is 9.96. The molecule has 74 valence electrons. The minimum absolute atomic E-state index is 0.0394. The van der Waals surface area contributed by atoms with Crippen molar-refractivity contribution in [1.29, 1.82) is 0 Å². The summed E-state index contributed by atoms with van der Waals surface area (Å²) in [6.07, 6.45) is 0.501. The Morgan fingerprint density at radius 2 is 2.21 bits per heavy atom. The predicted octanol–water partition coefficient (Wildman–Crippen LogP) is 2.62. The van der Waals surface area contributed by atoms with E-state index in [9.17, 15) is 4.79 Å². The maximum atomic E-state index is 11.1. The molecule has 2 rings (SSSR count). The van der Waals surface area contributed by atoms with E-state index in [4.69, 9.17) is 4.74 Å². The van der Waals surface area contributed by atoms with Crippen molar-refractivity contribution < 1.29 is 9.53 Å². The molecule has 0 spiro atoms. The van der Waals surface area contributed by atoms with Crippen molar-refractivity contribution in [3.05, 3.63) is 35.4 Å². The van der Waals surface area contributed by atoms with E-state index in [2.05, 4.69) is 13.0 Å². The third-order valence-electron chi connectivity index (χ3n) is 2.63. The van der Waals surface area contributed by atoms with Gasteiger partial charge in [-0.15, -0.1) is 0 Å². The Morgan fingerprint density at radius 1 is 1.43 bits per heavy atom. The third-order valence-corrected chi connectivity index (χ3v) is 2.63. The summed E-state index contributed by atoms with van der Waals surface area (Å²) in [6, 6.07) is 8.15. The highest BCUT2D eigenvalue weighted by molar-refractivity contribution is 5.72. The molecule has 0 amide bonds. The van der Waals surface area contributed by atoms with Crippen LogP contribution < -0.4 is 0 Å². The van der Waals surface area contributed by atoms with E-state index in [1.54, 1.807) is 0 Å². The maximum absolute atomic E-state index is 11.1. The van der Waals surface area contributed by atoms with Crippen molar-refractivity contribution in [2.45, 2.75) is 26.4 Å². The van der Waals surface area contributed by atoms with Crippen LogP contribution in [0.5, 0.6) is 0 Å². The van der Waals surface area contributed by atoms with Gasteiger partial charge in [0.25, 0.3) is 0 Å². The lowest BCUT2D eigenvalue weighted by Crippen LogP contribution is -2.03. The van der Waals surface area contributed by atoms with Gasteiger partial charge in [0.15, 0.2) is 0 Å². The number of rotatable bonds is 1. The van der Waals surface area contributed by atoms with Gasteiger partial charge in [-0.1, -0.05) is 36.8 Å². The van der Waals surface area contributed by atoms with Crippen LogP contribution in [0.4, 0.5) is 0 Å². The zero-order valence-corrected chi connectivity index (χ0v) is 8.49. The highest BCUT2D eigenvalue weighted by atomic mass is 16.5. The molecule has 0 radical (unpaired) electrons. The molecule has 0 aromatic heterocycles. The zero-order chi connectivity index (χ0) is 10.1. The molecule has 2 heteroatoms. The summed E-state index contributed by atoms with van der Waals surface area (Å²) in [7, 11) is 0. The second-order valence-corrected chi connectivity index (χ2v) is 4.01. The van der Waals surface area contributed by atoms with Gasteiger partial charge in [0.2, 0.25) is 0 Å². The van der Waals surface area contributed by atoms with E-state index in [1.807, 2.05) is 25.1 Å². The summed E-state index contributed by atoms with van der Waals surface area (Å²) in [6.45, 7) is 4.10. The molecule has 1 heterocycles. The molecular formula is C12H14O2. The minimum atomic E-state index is -0.0796. The number of benzene rings is 1. The average molecular weight is 190 g/mol. The van der Waals surface area contributed by atoms with Gasteiger partial charge in [-0.2, -0.15) is 0 Å². The molecule has 14 heavy (non-hydrogen) atoms. The Bertz CT molecular complexity index is 357. The highest BCUT2D eigenvalue weighted by Gasteiger charge is 2.32. The van der Waals surface area contributed by atoms with Gasteiger partial charge in [-0.05, 0) is 12.5 Å². The topological polar surface area (TPSA) is 26.3 Å². The highest BCUT2D eigenvalue weighted by Crippen LogP contribution is 2.34. The predicted molar refractivity (Wildman–Crippen MR) is 53.8 cm³/mol. The molecule has 0 aliphatic carbocycles. The summed E-state index contributed by atoms with van der Waals surface area (Å²) < 4.78 is 5.28. The Morgan fingerprint density at radius 3 is 2.79 bits per heavy atom. The SMILES string of the molecule is Cc1cccc([C@H]2OC(=O)C[C@H]2C)c1. The van der Waals surface area contributed by atoms with Crippen molar-refractivity contribution in [2.75, 3.05) is 0 Å². The molecule has 1 aliphatic rings. The zero-order valence-electron chi connectivity index (χ0n) is 8.49. The number of carbonyl (C=O) groups is 1. The molecule has 1 saturated heterocycles. The monoisotopic (exact) mass is 190 g/mol. The van der Waals surface area contributed by atoms with Gasteiger partial charge in [0.1, 0.15) is 6.10 Å². The second kappa shape index (κ2) is 3.45. The molecule has 0 saturated carbocycles. The Kier molecular flexibility index (Phi) is 2.28. The van der Waals surface area contributed by atoms with Crippen molar-refractivity contribution in [3.8, 4) is 0 Å². The number of carbonyl (C=O) groups excluding carboxylic acids is 1. The lowest BCUT2D eigenvalue weighted by Gasteiger charge is -2.14. The molecule has 1 aliphatic heterocycles. The number of hydrogen-bond donors (Lipinski definition) is 0. The second-order valence-electron chi connectivity index (χ2n) is 4.01. The fourth-order valence-electron chi connectivity index (χ4n) is 1.92. The standard InChI is InChI=1S/C12H14O2/c1-8-4-3-5-10(6-8)12-9(2)7-11(13)14-12/h3-6,9,12H,7H2,1-2H3/t9-,12+/m1/s1. The van der Waals surface area contributed by atoms with E-state index in [1.165, 1.54) is 5.56 Å². The maximum Gasteiger partial charge on any atom is 0.306 e. The van der Waals surface area contributed by atoms with Gasteiger partial charge in [-0.3, -0.25) is 4.79 Å². The van der Waals surface area contributed by atoms with Crippen LogP contribution in [0.15, 0.2) is 24.3 Å². The Labute approximate surface area is 83.9 Å². The molecule has 1 aromatic carbocycles. The molecular weight excluding hydrogens is 176 g/mol. The van der Waals surface area contributed by atoms with Crippen LogP contribution in [0.25, 0.3) is 0 Å². The van der Waals surface area contributed by atoms with E-state index >= 15 is 0 Å². The first kappa shape index (κ1) is 9.25. The third kappa shape index (κ3) is 1.65. The van der Waals surface area contributed by atoms with Crippen LogP contribution >= 0.6 is 0 Å². The number of cyclic esters (lactones) is 1. The van der Waals surface area contributed by atoms with Crippen LogP contribution in [-0.2, 0) is 9.53 Å². The fourth-order valence-corrected chi connectivity index (χ4v) is 1.92. The summed E-state index contributed by atoms with van der Waals surface area (Å²) >= 11 is 0. The molecule has 1 fully saturated rings. The number of ether oxygens (including phenoxy) is 1. The molecule has 1 aromatic rings. The quantitative estimate of drug-likeness (QED) is 0.636. The van der Waals surface area contributed by atoms with Crippen LogP contribution in [-0.4, -0.2) is 5.97 Å². The van der Waals surface area contributed by atoms with Crippen LogP contribution in [0.2, 0.25) is 0 Å². The normalized spacial score (nSPS) is 26.3. The number of hydrogen-bond acceptors (Lipinski definition) is 2. The first-order valence-corrected chi connectivity index (χ1v) is 4.93. The summed E-state index contributed by atoms with van der Waals surface area (Å²) in [5, 5.41) is 0. The van der Waals surface area contributed by atoms with E-state index in [-0.39, 0.29) is 12.1 Å². The first-order valence-electron chi connectivity index (χ1n) is 4.93. The van der Waals surface area contributed by atoms with Gasteiger partial charge in [-0.25, -0.2) is 0 Å². The molecule has 0 N–H and O–H groups in total. The minimum Gasteiger partial charge on any atom is -0.457 e. The summed E-state index contributed by atoms with van der Waals surface area (Å²) in [5.74, 6) is 0.216. The van der Waals surface area contributed by atoms with Crippen molar-refractivity contribution in [3.63, 3.8) is 0 Å². The fraction of sp³-hybridized carbons (Fsp3) is 0.417. The Balaban J connectivity index is 2.27. The molecule has 0 unspecified atom stereocenters. The smallest absolute Gasteiger partial charge is 0.306 e. The van der Waals surface area contributed by atoms with E-state index in [0.29, 0.717) is 12.3 Å². The van der Waals surface area contributed by atoms with Crippen LogP contribution in [0.3, 0.4) is 0 Å². The van der Waals surface area contributed by atoms with Crippen LogP contribution in [0.1, 0.15) is 30.6 Å². The summed E-state index contributed by atoms with van der Waals surface area (Å²) in [4.78, 5) is 11.1. The van der Waals surface area contributed by atoms with Crippen molar-refractivity contribution >= 4 is 5.97 Å². The first-order chi connectivity index (χ1) is 6.66. The Hall–Kier alpha value is -1.31. The lowest BCUT2D eigenvalue weighted by molar-refractivity contribution is -0.141. The van der Waals surface area contributed by atoms with Gasteiger partial charge < -0.3 is 4.74 Å². The van der Waals surface area contributed by atoms with E-state index in [0.717, 1.165) is 5.56 Å². The molecule has 2 nitrogen and oxygen atoms in total. The molecule has 2 atom stereocenters. The van der Waals surface area contributed by atoms with Gasteiger partial charge >= 0.3 is 5.97 Å². The van der Waals surface area contributed by atoms with Crippen molar-refractivity contribution in [1.82, 2.24) is 0 Å². The largest absolute Gasteiger partial charge is 0.457 e. The number of aryl methyl sites for hydroxylation is 1. The van der Waals surface area contributed by atoms with Gasteiger partial charge in [0.05, 0.1) is 6.42 Å². The average Bonchev–Trinajstić information content (AvgIpc) is 2.45. The molecule has 0 bridgehead atoms.